The summed E-state index contributed by atoms with van der Waals surface area (Å²) < 4.78 is 17.9. The zero-order valence-electron chi connectivity index (χ0n) is 13.8. The number of benzene rings is 1. The molecule has 122 valence electrons. The summed E-state index contributed by atoms with van der Waals surface area (Å²) in [6.07, 6.45) is 0. The predicted molar refractivity (Wildman–Crippen MR) is 84.5 cm³/mol. The van der Waals surface area contributed by atoms with Gasteiger partial charge in [0.1, 0.15) is 6.61 Å². The van der Waals surface area contributed by atoms with E-state index in [9.17, 15) is 4.79 Å². The van der Waals surface area contributed by atoms with Crippen molar-refractivity contribution in [3.8, 4) is 17.4 Å². The number of hydrogen-bond donors (Lipinski definition) is 0. The first-order valence-electron chi connectivity index (χ1n) is 7.48. The molecule has 2 heterocycles. The molecule has 0 bridgehead atoms. The van der Waals surface area contributed by atoms with Crippen LogP contribution < -0.4 is 14.2 Å². The smallest absolute Gasteiger partial charge is 0.237 e. The van der Waals surface area contributed by atoms with Crippen LogP contribution in [0.15, 0.2) is 18.2 Å². The van der Waals surface area contributed by atoms with Gasteiger partial charge in [-0.15, -0.1) is 5.10 Å². The Morgan fingerprint density at radius 1 is 1.30 bits per heavy atom. The topological polar surface area (TPSA) is 62.6 Å². The van der Waals surface area contributed by atoms with E-state index in [2.05, 4.69) is 5.10 Å². The van der Waals surface area contributed by atoms with E-state index < -0.39 is 0 Å². The average Bonchev–Trinajstić information content (AvgIpc) is 2.87. The molecule has 1 aliphatic heterocycles. The summed E-state index contributed by atoms with van der Waals surface area (Å²) in [6.45, 7) is 4.54. The van der Waals surface area contributed by atoms with Gasteiger partial charge >= 0.3 is 0 Å². The van der Waals surface area contributed by atoms with E-state index in [1.807, 2.05) is 36.7 Å². The van der Waals surface area contributed by atoms with Gasteiger partial charge in [-0.05, 0) is 24.6 Å². The maximum Gasteiger partial charge on any atom is 0.237 e. The minimum absolute atomic E-state index is 0.0891. The Balaban J connectivity index is 1.93. The number of methoxy groups -OCH3 is 2. The number of Topliss-reactive ketones (excluding diaryl/α,β-unsaturated/α-hetero) is 1. The highest BCUT2D eigenvalue weighted by molar-refractivity contribution is 5.88. The second-order valence-corrected chi connectivity index (χ2v) is 5.63. The first-order chi connectivity index (χ1) is 11.0. The van der Waals surface area contributed by atoms with Crippen molar-refractivity contribution in [1.82, 2.24) is 9.78 Å². The molecule has 0 amide bonds. The van der Waals surface area contributed by atoms with Gasteiger partial charge in [-0.1, -0.05) is 13.0 Å². The summed E-state index contributed by atoms with van der Waals surface area (Å²) in [4.78, 5) is 11.8. The van der Waals surface area contributed by atoms with E-state index in [1.54, 1.807) is 14.2 Å². The van der Waals surface area contributed by atoms with E-state index in [0.717, 1.165) is 16.8 Å². The number of ether oxygens (including phenoxy) is 3. The third kappa shape index (κ3) is 2.65. The molecule has 1 aliphatic rings. The van der Waals surface area contributed by atoms with E-state index in [-0.39, 0.29) is 18.3 Å². The summed E-state index contributed by atoms with van der Waals surface area (Å²) in [5.74, 6) is 1.86. The van der Waals surface area contributed by atoms with Crippen molar-refractivity contribution < 1.29 is 19.0 Å². The number of nitrogens with zero attached hydrogens (tertiary/aromatic N) is 2. The third-order valence-corrected chi connectivity index (χ3v) is 4.27. The maximum absolute atomic E-state index is 11.8. The van der Waals surface area contributed by atoms with Crippen LogP contribution in [0, 0.1) is 6.92 Å². The molecule has 1 aromatic carbocycles. The summed E-state index contributed by atoms with van der Waals surface area (Å²) in [7, 11) is 3.22. The predicted octanol–water partition coefficient (Wildman–Crippen LogP) is 2.32. The van der Waals surface area contributed by atoms with Crippen molar-refractivity contribution in [2.45, 2.75) is 26.3 Å². The Kier molecular flexibility index (Phi) is 3.98. The fourth-order valence-corrected chi connectivity index (χ4v) is 2.87. The summed E-state index contributed by atoms with van der Waals surface area (Å²) in [5, 5.41) is 4.50. The number of ketones is 1. The van der Waals surface area contributed by atoms with Gasteiger partial charge in [-0.2, -0.15) is 0 Å². The first-order valence-corrected chi connectivity index (χ1v) is 7.48. The zero-order chi connectivity index (χ0) is 16.6. The van der Waals surface area contributed by atoms with Crippen molar-refractivity contribution in [3.05, 3.63) is 35.0 Å². The molecule has 1 atom stereocenters. The van der Waals surface area contributed by atoms with Crippen LogP contribution in [0.25, 0.3) is 0 Å². The van der Waals surface area contributed by atoms with E-state index >= 15 is 0 Å². The van der Waals surface area contributed by atoms with E-state index in [1.165, 1.54) is 0 Å². The highest BCUT2D eigenvalue weighted by atomic mass is 16.5. The Hall–Kier alpha value is -2.50. The van der Waals surface area contributed by atoms with Crippen LogP contribution in [-0.4, -0.2) is 36.4 Å². The number of rotatable bonds is 4. The van der Waals surface area contributed by atoms with Crippen molar-refractivity contribution in [3.63, 3.8) is 0 Å². The number of aromatic nitrogens is 2. The van der Waals surface area contributed by atoms with Gasteiger partial charge in [0.05, 0.1) is 26.7 Å². The molecular weight excluding hydrogens is 296 g/mol. The van der Waals surface area contributed by atoms with Crippen LogP contribution >= 0.6 is 0 Å². The average molecular weight is 316 g/mol. The Bertz CT molecular complexity index is 751. The van der Waals surface area contributed by atoms with Crippen LogP contribution in [0.3, 0.4) is 0 Å². The lowest BCUT2D eigenvalue weighted by Crippen LogP contribution is -2.23. The first kappa shape index (κ1) is 15.4. The standard InChI is InChI=1S/C17H20N2O4/c1-10-13(20)9-23-17-16(10)11(2)19(18-17)8-12-5-6-14(21-3)15(7-12)22-4/h5-7,10H,8-9H2,1-4H3. The second-order valence-electron chi connectivity index (χ2n) is 5.63. The van der Waals surface area contributed by atoms with E-state index in [0.29, 0.717) is 23.9 Å². The number of carbonyl (C=O) groups is 1. The molecule has 0 saturated carbocycles. The van der Waals surface area contributed by atoms with Gasteiger partial charge < -0.3 is 14.2 Å². The Morgan fingerprint density at radius 2 is 2.04 bits per heavy atom. The van der Waals surface area contributed by atoms with Crippen molar-refractivity contribution in [1.29, 1.82) is 0 Å². The highest BCUT2D eigenvalue weighted by Crippen LogP contribution is 2.34. The molecule has 0 fully saturated rings. The van der Waals surface area contributed by atoms with Gasteiger partial charge in [-0.25, -0.2) is 0 Å². The van der Waals surface area contributed by atoms with Gasteiger partial charge in [0.2, 0.25) is 5.88 Å². The molecule has 6 nitrogen and oxygen atoms in total. The van der Waals surface area contributed by atoms with Crippen LogP contribution in [0.5, 0.6) is 17.4 Å². The molecule has 0 saturated heterocycles. The van der Waals surface area contributed by atoms with Gasteiger partial charge in [-0.3, -0.25) is 9.48 Å². The molecule has 0 spiro atoms. The van der Waals surface area contributed by atoms with Crippen LogP contribution in [0.2, 0.25) is 0 Å². The largest absolute Gasteiger partial charge is 0.493 e. The minimum Gasteiger partial charge on any atom is -0.493 e. The van der Waals surface area contributed by atoms with Crippen LogP contribution in [-0.2, 0) is 11.3 Å². The minimum atomic E-state index is -0.169. The molecule has 2 aromatic rings. The highest BCUT2D eigenvalue weighted by Gasteiger charge is 2.31. The quantitative estimate of drug-likeness (QED) is 0.866. The van der Waals surface area contributed by atoms with Gasteiger partial charge in [0, 0.05) is 11.3 Å². The molecule has 6 heteroatoms. The lowest BCUT2D eigenvalue weighted by Gasteiger charge is -2.17. The fourth-order valence-electron chi connectivity index (χ4n) is 2.87. The molecule has 23 heavy (non-hydrogen) atoms. The van der Waals surface area contributed by atoms with Gasteiger partial charge in [0.25, 0.3) is 0 Å². The maximum atomic E-state index is 11.8. The number of hydrogen-bond acceptors (Lipinski definition) is 5. The summed E-state index contributed by atoms with van der Waals surface area (Å²) >= 11 is 0. The summed E-state index contributed by atoms with van der Waals surface area (Å²) in [5.41, 5.74) is 2.88. The summed E-state index contributed by atoms with van der Waals surface area (Å²) in [6, 6.07) is 5.76. The molecule has 0 aliphatic carbocycles. The van der Waals surface area contributed by atoms with Crippen molar-refractivity contribution in [2.24, 2.45) is 0 Å². The molecule has 0 radical (unpaired) electrons. The lowest BCUT2D eigenvalue weighted by atomic mass is 9.95. The Morgan fingerprint density at radius 3 is 2.74 bits per heavy atom. The Labute approximate surface area is 135 Å². The van der Waals surface area contributed by atoms with Crippen molar-refractivity contribution in [2.75, 3.05) is 20.8 Å². The normalized spacial score (nSPS) is 16.7. The third-order valence-electron chi connectivity index (χ3n) is 4.27. The SMILES string of the molecule is COc1ccc(Cn2nc3c(c2C)C(C)C(=O)CO3)cc1OC. The molecule has 1 aromatic heterocycles. The number of carbonyl (C=O) groups excluding carboxylic acids is 1. The molecular formula is C17H20N2O4. The monoisotopic (exact) mass is 316 g/mol. The second kappa shape index (κ2) is 5.95. The zero-order valence-corrected chi connectivity index (χ0v) is 13.8. The lowest BCUT2D eigenvalue weighted by molar-refractivity contribution is -0.123. The molecule has 0 N–H and O–H groups in total. The van der Waals surface area contributed by atoms with Crippen LogP contribution in [0.4, 0.5) is 0 Å². The number of fused-ring (bicyclic) bond motifs is 1. The molecule has 1 unspecified atom stereocenters. The van der Waals surface area contributed by atoms with Gasteiger partial charge in [0.15, 0.2) is 17.3 Å². The van der Waals surface area contributed by atoms with E-state index in [4.69, 9.17) is 14.2 Å². The van der Waals surface area contributed by atoms with Crippen molar-refractivity contribution >= 4 is 5.78 Å². The fraction of sp³-hybridized carbons (Fsp3) is 0.412. The van der Waals surface area contributed by atoms with Crippen LogP contribution in [0.1, 0.15) is 29.7 Å². The molecule has 3 rings (SSSR count).